The van der Waals surface area contributed by atoms with Gasteiger partial charge < -0.3 is 14.6 Å². The molecule has 1 atom stereocenters. The van der Waals surface area contributed by atoms with Gasteiger partial charge in [-0.05, 0) is 41.7 Å². The number of hydrogen-bond donors (Lipinski definition) is 1. The Kier molecular flexibility index (Phi) is 3.39. The van der Waals surface area contributed by atoms with E-state index in [0.29, 0.717) is 19.6 Å². The molecule has 130 valence electrons. The summed E-state index contributed by atoms with van der Waals surface area (Å²) in [6.45, 7) is 6.86. The number of rotatable bonds is 3. The van der Waals surface area contributed by atoms with Crippen LogP contribution in [0.2, 0.25) is 0 Å². The third-order valence-corrected chi connectivity index (χ3v) is 5.81. The van der Waals surface area contributed by atoms with Crippen LogP contribution in [0.3, 0.4) is 0 Å². The summed E-state index contributed by atoms with van der Waals surface area (Å²) in [6, 6.07) is 9.93. The van der Waals surface area contributed by atoms with Gasteiger partial charge in [0, 0.05) is 5.41 Å². The molecule has 1 saturated carbocycles. The molecule has 0 radical (unpaired) electrons. The van der Waals surface area contributed by atoms with Gasteiger partial charge in [0.15, 0.2) is 0 Å². The third-order valence-electron chi connectivity index (χ3n) is 5.81. The smallest absolute Gasteiger partial charge is 0.365 e. The van der Waals surface area contributed by atoms with Crippen molar-refractivity contribution in [1.82, 2.24) is 0 Å². The lowest BCUT2D eigenvalue weighted by Gasteiger charge is -2.43. The molecule has 2 aliphatic carbocycles. The number of allylic oxidation sites excluding steroid dienone is 1. The number of benzene rings is 1. The van der Waals surface area contributed by atoms with Crippen molar-refractivity contribution in [1.29, 1.82) is 0 Å². The highest BCUT2D eigenvalue weighted by Crippen LogP contribution is 2.80. The fourth-order valence-corrected chi connectivity index (χ4v) is 4.75. The maximum atomic E-state index is 12.5. The molecule has 2 fully saturated rings. The van der Waals surface area contributed by atoms with E-state index in [-0.39, 0.29) is 0 Å². The van der Waals surface area contributed by atoms with Crippen LogP contribution in [0.4, 0.5) is 0 Å². The molecule has 1 aliphatic heterocycles. The summed E-state index contributed by atoms with van der Waals surface area (Å²) in [5.41, 5.74) is 5.95. The molecule has 4 heteroatoms. The molecule has 1 N–H and O–H groups in total. The van der Waals surface area contributed by atoms with Gasteiger partial charge in [-0.15, -0.1) is 5.73 Å². The predicted octanol–water partition coefficient (Wildman–Crippen LogP) is 3.80. The SMILES string of the molecule is CC1=C(c2ccccc2)C2(C3(C(=O)O)OCCCO3)C(=C=C1)C2(C)C. The van der Waals surface area contributed by atoms with E-state index in [2.05, 4.69) is 19.6 Å². The zero-order valence-corrected chi connectivity index (χ0v) is 14.8. The molecule has 1 saturated heterocycles. The Morgan fingerprint density at radius 3 is 2.40 bits per heavy atom. The number of carboxylic acid groups (broad SMARTS) is 1. The van der Waals surface area contributed by atoms with E-state index in [1.54, 1.807) is 0 Å². The highest BCUT2D eigenvalue weighted by molar-refractivity contribution is 5.94. The zero-order valence-electron chi connectivity index (χ0n) is 14.8. The van der Waals surface area contributed by atoms with E-state index >= 15 is 0 Å². The van der Waals surface area contributed by atoms with Crippen molar-refractivity contribution in [3.05, 3.63) is 58.8 Å². The van der Waals surface area contributed by atoms with Crippen molar-refractivity contribution < 1.29 is 19.4 Å². The lowest BCUT2D eigenvalue weighted by molar-refractivity contribution is -0.288. The van der Waals surface area contributed by atoms with Gasteiger partial charge in [-0.2, -0.15) is 0 Å². The van der Waals surface area contributed by atoms with Crippen LogP contribution in [0, 0.1) is 10.8 Å². The van der Waals surface area contributed by atoms with E-state index in [1.165, 1.54) is 0 Å². The highest BCUT2D eigenvalue weighted by Gasteiger charge is 2.83. The minimum atomic E-state index is -1.71. The lowest BCUT2D eigenvalue weighted by Crippen LogP contribution is -2.57. The third kappa shape index (κ3) is 1.82. The Morgan fingerprint density at radius 2 is 1.80 bits per heavy atom. The number of hydrogen-bond acceptors (Lipinski definition) is 3. The predicted molar refractivity (Wildman–Crippen MR) is 93.7 cm³/mol. The van der Waals surface area contributed by atoms with E-state index in [0.717, 1.165) is 22.3 Å². The summed E-state index contributed by atoms with van der Waals surface area (Å²) in [5, 5.41) is 10.2. The van der Waals surface area contributed by atoms with Gasteiger partial charge in [0.2, 0.25) is 0 Å². The fraction of sp³-hybridized carbons (Fsp3) is 0.429. The quantitative estimate of drug-likeness (QED) is 0.852. The molecule has 0 amide bonds. The van der Waals surface area contributed by atoms with Crippen molar-refractivity contribution in [2.45, 2.75) is 33.0 Å². The molecule has 25 heavy (non-hydrogen) atoms. The molecule has 1 heterocycles. The number of carbonyl (C=O) groups is 1. The second-order valence-corrected chi connectivity index (χ2v) is 7.43. The number of ether oxygens (including phenoxy) is 2. The van der Waals surface area contributed by atoms with Crippen LogP contribution in [-0.2, 0) is 14.3 Å². The summed E-state index contributed by atoms with van der Waals surface area (Å²) < 4.78 is 11.8. The Hall–Kier alpha value is -2.13. The average Bonchev–Trinajstić information content (AvgIpc) is 3.13. The normalized spacial score (nSPS) is 29.0. The first-order valence-corrected chi connectivity index (χ1v) is 8.65. The minimum absolute atomic E-state index is 0.377. The van der Waals surface area contributed by atoms with Crippen LogP contribution >= 0.6 is 0 Å². The Labute approximate surface area is 147 Å². The minimum Gasteiger partial charge on any atom is -0.477 e. The van der Waals surface area contributed by atoms with E-state index in [4.69, 9.17) is 9.47 Å². The summed E-state index contributed by atoms with van der Waals surface area (Å²) in [5.74, 6) is -2.78. The fourth-order valence-electron chi connectivity index (χ4n) is 4.75. The molecule has 1 aromatic rings. The van der Waals surface area contributed by atoms with Crippen LogP contribution in [0.15, 0.2) is 53.3 Å². The van der Waals surface area contributed by atoms with Crippen molar-refractivity contribution in [3.8, 4) is 0 Å². The molecule has 3 aliphatic rings. The molecule has 0 bridgehead atoms. The second kappa shape index (κ2) is 5.18. The largest absolute Gasteiger partial charge is 0.477 e. The lowest BCUT2D eigenvalue weighted by atomic mass is 9.73. The van der Waals surface area contributed by atoms with Crippen LogP contribution in [0.1, 0.15) is 32.8 Å². The summed E-state index contributed by atoms with van der Waals surface area (Å²) in [4.78, 5) is 12.5. The van der Waals surface area contributed by atoms with Crippen LogP contribution < -0.4 is 0 Å². The van der Waals surface area contributed by atoms with Gasteiger partial charge in [-0.3, -0.25) is 0 Å². The molecule has 1 aromatic carbocycles. The maximum Gasteiger partial charge on any atom is 0.365 e. The number of carboxylic acids is 1. The topological polar surface area (TPSA) is 55.8 Å². The highest BCUT2D eigenvalue weighted by atomic mass is 16.7. The van der Waals surface area contributed by atoms with Crippen molar-refractivity contribution in [2.75, 3.05) is 13.2 Å². The molecular formula is C21H22O4. The van der Waals surface area contributed by atoms with Gasteiger partial charge in [0.05, 0.1) is 13.2 Å². The van der Waals surface area contributed by atoms with E-state index in [1.807, 2.05) is 43.3 Å². The standard InChI is InChI=1S/C21H22O4/c1-14-10-11-16-19(2,3)20(16,17(14)15-8-5-4-6-9-15)21(18(22)23)24-12-7-13-25-21/h4-6,8-10H,7,12-13H2,1-3H3,(H,22,23). The molecular weight excluding hydrogens is 316 g/mol. The first-order valence-electron chi connectivity index (χ1n) is 8.65. The Morgan fingerprint density at radius 1 is 1.16 bits per heavy atom. The van der Waals surface area contributed by atoms with Gasteiger partial charge in [-0.1, -0.05) is 44.2 Å². The molecule has 4 rings (SSSR count). The van der Waals surface area contributed by atoms with Gasteiger partial charge in [-0.25, -0.2) is 4.79 Å². The Balaban J connectivity index is 2.02. The summed E-state index contributed by atoms with van der Waals surface area (Å²) in [6.07, 6.45) is 2.65. The monoisotopic (exact) mass is 338 g/mol. The van der Waals surface area contributed by atoms with Crippen molar-refractivity contribution in [3.63, 3.8) is 0 Å². The van der Waals surface area contributed by atoms with Gasteiger partial charge in [0.25, 0.3) is 5.79 Å². The van der Waals surface area contributed by atoms with E-state index in [9.17, 15) is 9.90 Å². The summed E-state index contributed by atoms with van der Waals surface area (Å²) >= 11 is 0. The first kappa shape index (κ1) is 16.3. The van der Waals surface area contributed by atoms with Crippen LogP contribution in [-0.4, -0.2) is 30.1 Å². The Bertz CT molecular complexity index is 834. The molecule has 4 nitrogen and oxygen atoms in total. The van der Waals surface area contributed by atoms with Crippen molar-refractivity contribution >= 4 is 11.5 Å². The number of fused-ring (bicyclic) bond motifs is 1. The molecule has 1 unspecified atom stereocenters. The van der Waals surface area contributed by atoms with Gasteiger partial charge in [0.1, 0.15) is 5.41 Å². The zero-order chi connectivity index (χ0) is 17.9. The first-order chi connectivity index (χ1) is 11.9. The summed E-state index contributed by atoms with van der Waals surface area (Å²) in [7, 11) is 0. The van der Waals surface area contributed by atoms with Crippen LogP contribution in [0.25, 0.3) is 5.57 Å². The number of aliphatic carboxylic acids is 1. The van der Waals surface area contributed by atoms with Gasteiger partial charge >= 0.3 is 5.97 Å². The molecule has 0 spiro atoms. The second-order valence-electron chi connectivity index (χ2n) is 7.43. The average molecular weight is 338 g/mol. The van der Waals surface area contributed by atoms with Crippen molar-refractivity contribution in [2.24, 2.45) is 10.8 Å². The maximum absolute atomic E-state index is 12.5. The van der Waals surface area contributed by atoms with Crippen LogP contribution in [0.5, 0.6) is 0 Å². The molecule has 0 aromatic heterocycles. The van der Waals surface area contributed by atoms with E-state index < -0.39 is 22.6 Å².